The highest BCUT2D eigenvalue weighted by Gasteiger charge is 2.38. The van der Waals surface area contributed by atoms with E-state index in [1.807, 2.05) is 35.7 Å². The fourth-order valence-corrected chi connectivity index (χ4v) is 3.99. The Morgan fingerprint density at radius 3 is 2.56 bits per heavy atom. The molecule has 6 heteroatoms. The van der Waals surface area contributed by atoms with E-state index < -0.39 is 12.2 Å². The van der Waals surface area contributed by atoms with Gasteiger partial charge in [0, 0.05) is 4.47 Å². The van der Waals surface area contributed by atoms with Gasteiger partial charge in [-0.15, -0.1) is 11.3 Å². The molecule has 2 aromatic carbocycles. The number of nitrogens with zero attached hydrogens (tertiary/aromatic N) is 1. The zero-order chi connectivity index (χ0) is 17.4. The highest BCUT2D eigenvalue weighted by Crippen LogP contribution is 2.39. The first-order chi connectivity index (χ1) is 12.2. The van der Waals surface area contributed by atoms with Gasteiger partial charge in [-0.2, -0.15) is 0 Å². The third-order valence-corrected chi connectivity index (χ3v) is 5.54. The van der Waals surface area contributed by atoms with Crippen molar-refractivity contribution in [2.75, 3.05) is 4.90 Å². The van der Waals surface area contributed by atoms with Crippen molar-refractivity contribution in [1.29, 1.82) is 0 Å². The van der Waals surface area contributed by atoms with Crippen LogP contribution in [0.4, 0.5) is 5.69 Å². The Hall–Kier alpha value is -2.44. The maximum atomic E-state index is 13.3. The molecule has 0 aliphatic carbocycles. The molecule has 4 rings (SSSR count). The highest BCUT2D eigenvalue weighted by atomic mass is 79.9. The number of hydrogen-bond donors (Lipinski definition) is 0. The van der Waals surface area contributed by atoms with Crippen molar-refractivity contribution in [1.82, 2.24) is 0 Å². The third-order valence-electron chi connectivity index (χ3n) is 3.95. The summed E-state index contributed by atoms with van der Waals surface area (Å²) in [6.07, 6.45) is -0.776. The summed E-state index contributed by atoms with van der Waals surface area (Å²) in [5.41, 5.74) is 1.45. The molecule has 3 aromatic rings. The predicted octanol–water partition coefficient (Wildman–Crippen LogP) is 5.03. The van der Waals surface area contributed by atoms with Crippen LogP contribution in [0, 0.1) is 0 Å². The smallest absolute Gasteiger partial charge is 0.342 e. The number of benzene rings is 2. The quantitative estimate of drug-likeness (QED) is 0.553. The average Bonchev–Trinajstić information content (AvgIpc) is 3.16. The molecule has 0 unspecified atom stereocenters. The molecule has 0 fully saturated rings. The molecule has 1 aliphatic rings. The van der Waals surface area contributed by atoms with Crippen LogP contribution >= 0.6 is 27.3 Å². The van der Waals surface area contributed by atoms with E-state index in [9.17, 15) is 9.59 Å². The highest BCUT2D eigenvalue weighted by molar-refractivity contribution is 9.10. The Kier molecular flexibility index (Phi) is 4.15. The van der Waals surface area contributed by atoms with Crippen LogP contribution in [0.3, 0.4) is 0 Å². The molecule has 25 heavy (non-hydrogen) atoms. The number of rotatable bonds is 2. The normalized spacial score (nSPS) is 16.3. The fourth-order valence-electron chi connectivity index (χ4n) is 2.80. The van der Waals surface area contributed by atoms with Crippen LogP contribution in [0.5, 0.6) is 0 Å². The predicted molar refractivity (Wildman–Crippen MR) is 99.9 cm³/mol. The Morgan fingerprint density at radius 1 is 1.04 bits per heavy atom. The summed E-state index contributed by atoms with van der Waals surface area (Å²) in [5.74, 6) is -0.656. The molecule has 4 nitrogen and oxygen atoms in total. The van der Waals surface area contributed by atoms with Crippen LogP contribution in [0.1, 0.15) is 31.8 Å². The molecule has 1 amide bonds. The Labute approximate surface area is 156 Å². The average molecular weight is 414 g/mol. The Balaban J connectivity index is 1.88. The number of carbonyl (C=O) groups is 2. The molecular formula is C19H12BrNO3S. The first-order valence-corrected chi connectivity index (χ1v) is 9.25. The van der Waals surface area contributed by atoms with Crippen LogP contribution < -0.4 is 4.90 Å². The number of esters is 1. The second-order valence-corrected chi connectivity index (χ2v) is 7.28. The SMILES string of the molecule is O=C1O[C@@H](c2cccs2)N(C(=O)c2ccccc2Br)c2ccccc21. The summed E-state index contributed by atoms with van der Waals surface area (Å²) in [7, 11) is 0. The van der Waals surface area contributed by atoms with E-state index >= 15 is 0 Å². The second kappa shape index (κ2) is 6.46. The van der Waals surface area contributed by atoms with Crippen LogP contribution in [0.25, 0.3) is 0 Å². The van der Waals surface area contributed by atoms with E-state index in [1.54, 1.807) is 35.2 Å². The first kappa shape index (κ1) is 16.1. The second-order valence-electron chi connectivity index (χ2n) is 5.45. The van der Waals surface area contributed by atoms with Gasteiger partial charge in [0.25, 0.3) is 5.91 Å². The van der Waals surface area contributed by atoms with Crippen molar-refractivity contribution < 1.29 is 14.3 Å². The maximum Gasteiger partial charge on any atom is 0.342 e. The van der Waals surface area contributed by atoms with Gasteiger partial charge in [0.1, 0.15) is 0 Å². The van der Waals surface area contributed by atoms with Crippen molar-refractivity contribution in [3.05, 3.63) is 86.5 Å². The minimum atomic E-state index is -0.776. The van der Waals surface area contributed by atoms with Gasteiger partial charge >= 0.3 is 5.97 Å². The van der Waals surface area contributed by atoms with Crippen molar-refractivity contribution in [2.24, 2.45) is 0 Å². The van der Waals surface area contributed by atoms with Crippen LogP contribution in [-0.4, -0.2) is 11.9 Å². The standard InChI is InChI=1S/C19H12BrNO3S/c20-14-8-3-1-6-12(14)17(22)21-15-9-4-2-7-13(15)19(23)24-18(21)16-10-5-11-25-16/h1-11,18H/t18-/m0/s1. The lowest BCUT2D eigenvalue weighted by molar-refractivity contribution is 0.0257. The summed E-state index contributed by atoms with van der Waals surface area (Å²) in [6, 6.07) is 17.9. The number of fused-ring (bicyclic) bond motifs is 1. The molecule has 1 atom stereocenters. The van der Waals surface area contributed by atoms with Gasteiger partial charge in [-0.3, -0.25) is 9.69 Å². The molecular weight excluding hydrogens is 402 g/mol. The topological polar surface area (TPSA) is 46.6 Å². The lowest BCUT2D eigenvalue weighted by atomic mass is 10.1. The van der Waals surface area contributed by atoms with Crippen molar-refractivity contribution >= 4 is 44.8 Å². The number of ether oxygens (including phenoxy) is 1. The summed E-state index contributed by atoms with van der Waals surface area (Å²) < 4.78 is 6.31. The Morgan fingerprint density at radius 2 is 1.80 bits per heavy atom. The zero-order valence-corrected chi connectivity index (χ0v) is 15.3. The molecule has 2 heterocycles. The number of anilines is 1. The number of amides is 1. The number of cyclic esters (lactones) is 1. The van der Waals surface area contributed by atoms with Crippen molar-refractivity contribution in [3.63, 3.8) is 0 Å². The van der Waals surface area contributed by atoms with E-state index in [4.69, 9.17) is 4.74 Å². The number of halogens is 1. The van der Waals surface area contributed by atoms with Crippen LogP contribution in [0.15, 0.2) is 70.5 Å². The molecule has 0 saturated carbocycles. The van der Waals surface area contributed by atoms with Gasteiger partial charge in [-0.25, -0.2) is 4.79 Å². The lowest BCUT2D eigenvalue weighted by Gasteiger charge is -2.35. The van der Waals surface area contributed by atoms with Gasteiger partial charge in [0.05, 0.1) is 21.7 Å². The molecule has 1 aliphatic heterocycles. The van der Waals surface area contributed by atoms with Crippen LogP contribution in [0.2, 0.25) is 0 Å². The lowest BCUT2D eigenvalue weighted by Crippen LogP contribution is -2.41. The molecule has 0 spiro atoms. The van der Waals surface area contributed by atoms with Gasteiger partial charge in [-0.05, 0) is 51.6 Å². The third kappa shape index (κ3) is 2.77. The van der Waals surface area contributed by atoms with Gasteiger partial charge in [0.2, 0.25) is 6.23 Å². The summed E-state index contributed by atoms with van der Waals surface area (Å²) in [4.78, 5) is 28.0. The van der Waals surface area contributed by atoms with Crippen LogP contribution in [-0.2, 0) is 4.74 Å². The summed E-state index contributed by atoms with van der Waals surface area (Å²) in [5, 5.41) is 1.89. The van der Waals surface area contributed by atoms with E-state index in [0.717, 1.165) is 4.88 Å². The van der Waals surface area contributed by atoms with E-state index in [1.165, 1.54) is 11.3 Å². The fraction of sp³-hybridized carbons (Fsp3) is 0.0526. The van der Waals surface area contributed by atoms with E-state index in [-0.39, 0.29) is 5.91 Å². The molecule has 0 radical (unpaired) electrons. The number of hydrogen-bond acceptors (Lipinski definition) is 4. The zero-order valence-electron chi connectivity index (χ0n) is 12.9. The van der Waals surface area contributed by atoms with Gasteiger partial charge < -0.3 is 4.74 Å². The van der Waals surface area contributed by atoms with E-state index in [0.29, 0.717) is 21.3 Å². The van der Waals surface area contributed by atoms with Crippen molar-refractivity contribution in [3.8, 4) is 0 Å². The largest absolute Gasteiger partial charge is 0.432 e. The van der Waals surface area contributed by atoms with Gasteiger partial charge in [-0.1, -0.05) is 30.3 Å². The molecule has 1 aromatic heterocycles. The number of para-hydroxylation sites is 1. The summed E-state index contributed by atoms with van der Waals surface area (Å²) in [6.45, 7) is 0. The number of thiophene rings is 1. The minimum absolute atomic E-state index is 0.231. The van der Waals surface area contributed by atoms with E-state index in [2.05, 4.69) is 15.9 Å². The maximum absolute atomic E-state index is 13.3. The Bertz CT molecular complexity index is 955. The summed E-state index contributed by atoms with van der Waals surface area (Å²) >= 11 is 4.88. The number of carbonyl (C=O) groups excluding carboxylic acids is 2. The molecule has 0 N–H and O–H groups in total. The first-order valence-electron chi connectivity index (χ1n) is 7.58. The van der Waals surface area contributed by atoms with Gasteiger partial charge in [0.15, 0.2) is 0 Å². The molecule has 0 saturated heterocycles. The molecule has 0 bridgehead atoms. The van der Waals surface area contributed by atoms with Crippen molar-refractivity contribution in [2.45, 2.75) is 6.23 Å². The molecule has 124 valence electrons. The monoisotopic (exact) mass is 413 g/mol. The minimum Gasteiger partial charge on any atom is -0.432 e.